The first kappa shape index (κ1) is 12.8. The number of phenols is 1. The lowest BCUT2D eigenvalue weighted by molar-refractivity contribution is -0.118. The minimum absolute atomic E-state index is 0.0112. The van der Waals surface area contributed by atoms with E-state index in [4.69, 9.17) is 5.26 Å². The number of hydrogen-bond donors (Lipinski definition) is 2. The van der Waals surface area contributed by atoms with Gasteiger partial charge < -0.3 is 10.4 Å². The van der Waals surface area contributed by atoms with E-state index in [1.54, 1.807) is 12.1 Å². The van der Waals surface area contributed by atoms with E-state index < -0.39 is 0 Å². The molecule has 1 aromatic carbocycles. The lowest BCUT2D eigenvalue weighted by Gasteiger charge is -1.99. The highest BCUT2D eigenvalue weighted by Gasteiger charge is 1.99. The van der Waals surface area contributed by atoms with Crippen molar-refractivity contribution in [2.75, 3.05) is 6.54 Å². The van der Waals surface area contributed by atoms with E-state index in [-0.39, 0.29) is 17.2 Å². The Morgan fingerprint density at radius 1 is 1.59 bits per heavy atom. The Morgan fingerprint density at radius 2 is 2.35 bits per heavy atom. The van der Waals surface area contributed by atoms with Gasteiger partial charge in [-0.25, -0.2) is 0 Å². The fourth-order valence-electron chi connectivity index (χ4n) is 1.30. The Labute approximate surface area is 100 Å². The molecule has 1 aromatic rings. The van der Waals surface area contributed by atoms with Crippen LogP contribution in [0.5, 0.6) is 5.75 Å². The molecule has 0 heterocycles. The Morgan fingerprint density at radius 3 is 3.00 bits per heavy atom. The molecule has 0 spiro atoms. The normalized spacial score (nSPS) is 10.1. The van der Waals surface area contributed by atoms with Crippen molar-refractivity contribution in [1.29, 1.82) is 5.26 Å². The van der Waals surface area contributed by atoms with Crippen molar-refractivity contribution in [3.63, 3.8) is 0 Å². The summed E-state index contributed by atoms with van der Waals surface area (Å²) in [4.78, 5) is 10.6. The summed E-state index contributed by atoms with van der Waals surface area (Å²) < 4.78 is 0. The minimum Gasteiger partial charge on any atom is -0.507 e. The highest BCUT2D eigenvalue weighted by molar-refractivity contribution is 5.72. The molecule has 1 amide bonds. The third-order valence-corrected chi connectivity index (χ3v) is 2.14. The molecule has 0 aliphatic carbocycles. The second-order valence-corrected chi connectivity index (χ2v) is 3.56. The monoisotopic (exact) mass is 230 g/mol. The number of amides is 1. The smallest absolute Gasteiger partial charge is 0.216 e. The molecular weight excluding hydrogens is 216 g/mol. The largest absolute Gasteiger partial charge is 0.507 e. The van der Waals surface area contributed by atoms with Crippen LogP contribution in [0.25, 0.3) is 6.08 Å². The molecule has 0 fully saturated rings. The van der Waals surface area contributed by atoms with E-state index in [1.807, 2.05) is 18.2 Å². The lowest BCUT2D eigenvalue weighted by Crippen LogP contribution is -2.20. The number of rotatable bonds is 4. The van der Waals surface area contributed by atoms with Gasteiger partial charge in [-0.1, -0.05) is 18.2 Å². The van der Waals surface area contributed by atoms with Crippen molar-refractivity contribution < 1.29 is 9.90 Å². The van der Waals surface area contributed by atoms with Gasteiger partial charge in [-0.2, -0.15) is 5.26 Å². The molecule has 0 saturated carbocycles. The van der Waals surface area contributed by atoms with Crippen LogP contribution in [-0.2, 0) is 4.79 Å². The van der Waals surface area contributed by atoms with Crippen LogP contribution in [0.4, 0.5) is 0 Å². The summed E-state index contributed by atoms with van der Waals surface area (Å²) in [6.45, 7) is 2.07. The first-order valence-electron chi connectivity index (χ1n) is 5.27. The van der Waals surface area contributed by atoms with E-state index in [0.717, 1.165) is 12.0 Å². The van der Waals surface area contributed by atoms with Gasteiger partial charge in [-0.3, -0.25) is 4.79 Å². The van der Waals surface area contributed by atoms with E-state index in [2.05, 4.69) is 5.32 Å². The number of aromatic hydroxyl groups is 1. The molecule has 4 heteroatoms. The molecule has 0 atom stereocenters. The molecule has 0 aliphatic heterocycles. The van der Waals surface area contributed by atoms with E-state index >= 15 is 0 Å². The van der Waals surface area contributed by atoms with Crippen molar-refractivity contribution in [2.24, 2.45) is 0 Å². The number of hydrogen-bond acceptors (Lipinski definition) is 3. The SMILES string of the molecule is CC(=O)NCCC=Cc1ccc(O)c(C#N)c1. The highest BCUT2D eigenvalue weighted by Crippen LogP contribution is 2.18. The van der Waals surface area contributed by atoms with Crippen LogP contribution in [-0.4, -0.2) is 17.6 Å². The Kier molecular flexibility index (Phi) is 4.77. The molecule has 0 aliphatic rings. The maximum atomic E-state index is 10.6. The quantitative estimate of drug-likeness (QED) is 0.775. The summed E-state index contributed by atoms with van der Waals surface area (Å²) in [5.41, 5.74) is 1.11. The van der Waals surface area contributed by atoms with E-state index in [1.165, 1.54) is 13.0 Å². The van der Waals surface area contributed by atoms with Crippen molar-refractivity contribution in [3.8, 4) is 11.8 Å². The van der Waals surface area contributed by atoms with Crippen LogP contribution < -0.4 is 5.32 Å². The number of carbonyl (C=O) groups is 1. The summed E-state index contributed by atoms with van der Waals surface area (Å²) in [7, 11) is 0. The van der Waals surface area contributed by atoms with Gasteiger partial charge in [0, 0.05) is 13.5 Å². The molecular formula is C13H14N2O2. The molecule has 17 heavy (non-hydrogen) atoms. The third-order valence-electron chi connectivity index (χ3n) is 2.14. The number of nitrogens with zero attached hydrogens (tertiary/aromatic N) is 1. The molecule has 88 valence electrons. The summed E-state index contributed by atoms with van der Waals surface area (Å²) >= 11 is 0. The lowest BCUT2D eigenvalue weighted by atomic mass is 10.1. The number of nitriles is 1. The average molecular weight is 230 g/mol. The van der Waals surface area contributed by atoms with Crippen LogP contribution >= 0.6 is 0 Å². The molecule has 0 radical (unpaired) electrons. The molecule has 0 saturated heterocycles. The number of phenolic OH excluding ortho intramolecular Hbond substituents is 1. The first-order chi connectivity index (χ1) is 8.13. The summed E-state index contributed by atoms with van der Waals surface area (Å²) in [5, 5.41) is 20.7. The van der Waals surface area contributed by atoms with Crippen molar-refractivity contribution in [1.82, 2.24) is 5.32 Å². The zero-order valence-electron chi connectivity index (χ0n) is 9.60. The molecule has 0 bridgehead atoms. The average Bonchev–Trinajstić information content (AvgIpc) is 2.30. The van der Waals surface area contributed by atoms with Crippen LogP contribution in [0, 0.1) is 11.3 Å². The first-order valence-corrected chi connectivity index (χ1v) is 5.27. The topological polar surface area (TPSA) is 73.1 Å². The molecule has 0 unspecified atom stereocenters. The predicted octanol–water partition coefficient (Wildman–Crippen LogP) is 1.80. The molecule has 4 nitrogen and oxygen atoms in total. The summed E-state index contributed by atoms with van der Waals surface area (Å²) in [6.07, 6.45) is 4.48. The standard InChI is InChI=1S/C13H14N2O2/c1-10(16)15-7-3-2-4-11-5-6-13(17)12(8-11)9-14/h2,4-6,8,17H,3,7H2,1H3,(H,15,16). The van der Waals surface area contributed by atoms with Gasteiger partial charge in [0.25, 0.3) is 0 Å². The van der Waals surface area contributed by atoms with Crippen molar-refractivity contribution >= 4 is 12.0 Å². The molecule has 2 N–H and O–H groups in total. The Bertz CT molecular complexity index is 473. The maximum Gasteiger partial charge on any atom is 0.216 e. The minimum atomic E-state index is -0.0465. The molecule has 0 aromatic heterocycles. The second kappa shape index (κ2) is 6.33. The third kappa shape index (κ3) is 4.39. The van der Waals surface area contributed by atoms with Gasteiger partial charge in [0.05, 0.1) is 5.56 Å². The van der Waals surface area contributed by atoms with Gasteiger partial charge in [0.1, 0.15) is 11.8 Å². The zero-order chi connectivity index (χ0) is 12.7. The highest BCUT2D eigenvalue weighted by atomic mass is 16.3. The predicted molar refractivity (Wildman–Crippen MR) is 65.2 cm³/mol. The maximum absolute atomic E-state index is 10.6. The van der Waals surface area contributed by atoms with Gasteiger partial charge in [0.15, 0.2) is 0 Å². The van der Waals surface area contributed by atoms with Gasteiger partial charge >= 0.3 is 0 Å². The fourth-order valence-corrected chi connectivity index (χ4v) is 1.30. The van der Waals surface area contributed by atoms with E-state index in [9.17, 15) is 9.90 Å². The summed E-state index contributed by atoms with van der Waals surface area (Å²) in [5.74, 6) is -0.0577. The Balaban J connectivity index is 2.54. The Hall–Kier alpha value is -2.28. The van der Waals surface area contributed by atoms with Gasteiger partial charge in [0.2, 0.25) is 5.91 Å². The zero-order valence-corrected chi connectivity index (χ0v) is 9.60. The van der Waals surface area contributed by atoms with Crippen molar-refractivity contribution in [3.05, 3.63) is 35.4 Å². The number of nitrogens with one attached hydrogen (secondary N) is 1. The van der Waals surface area contributed by atoms with Gasteiger partial charge in [-0.05, 0) is 24.1 Å². The van der Waals surface area contributed by atoms with E-state index in [0.29, 0.717) is 6.54 Å². The fraction of sp³-hybridized carbons (Fsp3) is 0.231. The summed E-state index contributed by atoms with van der Waals surface area (Å²) in [6, 6.07) is 6.75. The molecule has 1 rings (SSSR count). The van der Waals surface area contributed by atoms with Crippen LogP contribution in [0.15, 0.2) is 24.3 Å². The van der Waals surface area contributed by atoms with Gasteiger partial charge in [-0.15, -0.1) is 0 Å². The van der Waals surface area contributed by atoms with Crippen LogP contribution in [0.3, 0.4) is 0 Å². The second-order valence-electron chi connectivity index (χ2n) is 3.56. The number of carbonyl (C=O) groups excluding carboxylic acids is 1. The van der Waals surface area contributed by atoms with Crippen LogP contribution in [0.1, 0.15) is 24.5 Å². The van der Waals surface area contributed by atoms with Crippen LogP contribution in [0.2, 0.25) is 0 Å². The van der Waals surface area contributed by atoms with Crippen molar-refractivity contribution in [2.45, 2.75) is 13.3 Å². The number of benzene rings is 1.